The lowest BCUT2D eigenvalue weighted by Crippen LogP contribution is -2.62. The first kappa shape index (κ1) is 33.6. The quantitative estimate of drug-likeness (QED) is 0.156. The number of hydrogen-bond acceptors (Lipinski definition) is 7. The summed E-state index contributed by atoms with van der Waals surface area (Å²) in [4.78, 5) is 0. The molecule has 0 spiro atoms. The normalized spacial score (nSPS) is 42.3. The van der Waals surface area contributed by atoms with Crippen molar-refractivity contribution in [3.8, 4) is 0 Å². The molecule has 4 rings (SSSR count). The minimum Gasteiger partial charge on any atom is -0.393 e. The maximum Gasteiger partial charge on any atom is 0.0849 e. The largest absolute Gasteiger partial charge is 0.393 e. The number of nitrogens with two attached hydrogens (primary N) is 1. The van der Waals surface area contributed by atoms with E-state index in [1.54, 1.807) is 13.8 Å². The molecule has 0 aromatic heterocycles. The van der Waals surface area contributed by atoms with Crippen LogP contribution in [0.2, 0.25) is 0 Å². The minimum absolute atomic E-state index is 0.190. The summed E-state index contributed by atoms with van der Waals surface area (Å²) in [6.45, 7) is 14.3. The maximum atomic E-state index is 11.9. The second-order valence-electron chi connectivity index (χ2n) is 15.8. The van der Waals surface area contributed by atoms with Gasteiger partial charge >= 0.3 is 0 Å². The molecule has 0 amide bonds. The second kappa shape index (κ2) is 13.8. The van der Waals surface area contributed by atoms with Gasteiger partial charge in [-0.25, -0.2) is 0 Å². The fourth-order valence-corrected chi connectivity index (χ4v) is 10.4. The zero-order chi connectivity index (χ0) is 30.0. The summed E-state index contributed by atoms with van der Waals surface area (Å²) in [5.74, 6) is 2.26. The average Bonchev–Trinajstić information content (AvgIpc) is 3.27. The minimum atomic E-state index is -1.09. The van der Waals surface area contributed by atoms with E-state index in [1.807, 2.05) is 0 Å². The van der Waals surface area contributed by atoms with Gasteiger partial charge in [0.05, 0.1) is 23.9 Å². The number of nitrogens with one attached hydrogen (secondary N) is 2. The first-order chi connectivity index (χ1) is 19.3. The molecule has 7 heteroatoms. The van der Waals surface area contributed by atoms with E-state index in [-0.39, 0.29) is 29.0 Å². The Balaban J connectivity index is 1.35. The average molecular weight is 580 g/mol. The summed E-state index contributed by atoms with van der Waals surface area (Å²) in [7, 11) is 0. The van der Waals surface area contributed by atoms with E-state index in [1.165, 1.54) is 12.8 Å². The lowest BCUT2D eigenvalue weighted by Gasteiger charge is -2.64. The topological polar surface area (TPSA) is 131 Å². The molecule has 0 aliphatic heterocycles. The van der Waals surface area contributed by atoms with Crippen molar-refractivity contribution in [2.75, 3.05) is 26.2 Å². The van der Waals surface area contributed by atoms with Gasteiger partial charge in [0.25, 0.3) is 0 Å². The summed E-state index contributed by atoms with van der Waals surface area (Å²) < 4.78 is 0. The SMILES string of the molecule is C[C@H](CCC(O)C(C)(C)O)[C@H]1CCC2C3C(CC(O)[C@@]21C)[C@@]1(C)CC[C@H](NCCCNCCCCN)C[C@@H]1C[C@H]3O. The Morgan fingerprint density at radius 3 is 2.37 bits per heavy atom. The molecule has 41 heavy (non-hydrogen) atoms. The first-order valence-electron chi connectivity index (χ1n) is 17.2. The molecule has 4 fully saturated rings. The van der Waals surface area contributed by atoms with Gasteiger partial charge in [0.2, 0.25) is 0 Å². The van der Waals surface area contributed by atoms with Crippen LogP contribution in [0, 0.1) is 46.3 Å². The van der Waals surface area contributed by atoms with Crippen LogP contribution in [0.1, 0.15) is 112 Å². The molecule has 4 aliphatic rings. The third-order valence-corrected chi connectivity index (χ3v) is 13.0. The standard InChI is InChI=1S/C34H65N3O4/c1-22(9-12-29(39)32(2,3)41)25-10-11-26-31-27(21-30(40)34(25,26)5)33(4)14-13-24(19-23(33)20-28(31)38)37-18-8-17-36-16-7-6-15-35/h22-31,36-41H,6-21,35H2,1-5H3/t22-,23-,24+,25-,26?,27?,28-,29?,30?,31?,33+,34-/m1/s1. The fraction of sp³-hybridized carbons (Fsp3) is 1.00. The molecule has 12 atom stereocenters. The van der Waals surface area contributed by atoms with Crippen molar-refractivity contribution in [3.63, 3.8) is 0 Å². The Kier molecular flexibility index (Phi) is 11.3. The van der Waals surface area contributed by atoms with Crippen molar-refractivity contribution in [2.24, 2.45) is 52.1 Å². The van der Waals surface area contributed by atoms with Crippen LogP contribution in [0.4, 0.5) is 0 Å². The third-order valence-electron chi connectivity index (χ3n) is 13.0. The van der Waals surface area contributed by atoms with Gasteiger partial charge in [-0.05, 0) is 163 Å². The molecule has 8 N–H and O–H groups in total. The highest BCUT2D eigenvalue weighted by atomic mass is 16.3. The van der Waals surface area contributed by atoms with Crippen molar-refractivity contribution in [1.29, 1.82) is 0 Å². The van der Waals surface area contributed by atoms with Gasteiger partial charge in [0, 0.05) is 6.04 Å². The Morgan fingerprint density at radius 1 is 0.927 bits per heavy atom. The summed E-state index contributed by atoms with van der Waals surface area (Å²) in [5.41, 5.74) is 4.48. The molecule has 0 saturated heterocycles. The molecular weight excluding hydrogens is 514 g/mol. The summed E-state index contributed by atoms with van der Waals surface area (Å²) >= 11 is 0. The summed E-state index contributed by atoms with van der Waals surface area (Å²) in [6, 6.07) is 0.531. The predicted octanol–water partition coefficient (Wildman–Crippen LogP) is 3.81. The zero-order valence-corrected chi connectivity index (χ0v) is 27.0. The van der Waals surface area contributed by atoms with Gasteiger partial charge in [-0.1, -0.05) is 20.8 Å². The van der Waals surface area contributed by atoms with Gasteiger partial charge in [-0.2, -0.15) is 0 Å². The monoisotopic (exact) mass is 579 g/mol. The highest BCUT2D eigenvalue weighted by Crippen LogP contribution is 2.68. The highest BCUT2D eigenvalue weighted by molar-refractivity contribution is 5.14. The zero-order valence-electron chi connectivity index (χ0n) is 27.0. The number of hydrogen-bond donors (Lipinski definition) is 7. The molecule has 0 radical (unpaired) electrons. The molecular formula is C34H65N3O4. The molecule has 0 heterocycles. The van der Waals surface area contributed by atoms with Gasteiger partial charge in [-0.3, -0.25) is 0 Å². The molecule has 7 nitrogen and oxygen atoms in total. The van der Waals surface area contributed by atoms with Crippen LogP contribution in [0.25, 0.3) is 0 Å². The van der Waals surface area contributed by atoms with Gasteiger partial charge in [0.1, 0.15) is 0 Å². The van der Waals surface area contributed by atoms with E-state index in [9.17, 15) is 20.4 Å². The Bertz CT molecular complexity index is 822. The smallest absolute Gasteiger partial charge is 0.0849 e. The fourth-order valence-electron chi connectivity index (χ4n) is 10.4. The van der Waals surface area contributed by atoms with Gasteiger partial charge in [0.15, 0.2) is 0 Å². The molecule has 0 bridgehead atoms. The van der Waals surface area contributed by atoms with Gasteiger partial charge in [-0.15, -0.1) is 0 Å². The van der Waals surface area contributed by atoms with Crippen LogP contribution in [-0.2, 0) is 0 Å². The Hall–Kier alpha value is -0.280. The predicted molar refractivity (Wildman–Crippen MR) is 166 cm³/mol. The number of aliphatic hydroxyl groups is 4. The van der Waals surface area contributed by atoms with Crippen molar-refractivity contribution in [3.05, 3.63) is 0 Å². The van der Waals surface area contributed by atoms with Crippen LogP contribution < -0.4 is 16.4 Å². The maximum absolute atomic E-state index is 11.9. The molecule has 240 valence electrons. The molecule has 4 saturated carbocycles. The van der Waals surface area contributed by atoms with E-state index in [4.69, 9.17) is 5.73 Å². The first-order valence-corrected chi connectivity index (χ1v) is 17.2. The Labute approximate surface area is 250 Å². The third kappa shape index (κ3) is 7.02. The molecule has 0 aromatic rings. The Morgan fingerprint density at radius 2 is 1.66 bits per heavy atom. The second-order valence-corrected chi connectivity index (χ2v) is 15.8. The van der Waals surface area contributed by atoms with E-state index < -0.39 is 11.7 Å². The lowest BCUT2D eigenvalue weighted by atomic mass is 9.43. The van der Waals surface area contributed by atoms with Crippen LogP contribution in [0.15, 0.2) is 0 Å². The lowest BCUT2D eigenvalue weighted by molar-refractivity contribution is -0.202. The van der Waals surface area contributed by atoms with E-state index in [2.05, 4.69) is 31.4 Å². The van der Waals surface area contributed by atoms with Crippen LogP contribution in [0.5, 0.6) is 0 Å². The van der Waals surface area contributed by atoms with Crippen LogP contribution in [0.3, 0.4) is 0 Å². The van der Waals surface area contributed by atoms with E-state index in [0.29, 0.717) is 42.1 Å². The van der Waals surface area contributed by atoms with Crippen molar-refractivity contribution < 1.29 is 20.4 Å². The number of rotatable bonds is 14. The van der Waals surface area contributed by atoms with Crippen molar-refractivity contribution in [2.45, 2.75) is 142 Å². The van der Waals surface area contributed by atoms with E-state index >= 15 is 0 Å². The van der Waals surface area contributed by atoms with Crippen molar-refractivity contribution in [1.82, 2.24) is 10.6 Å². The van der Waals surface area contributed by atoms with Crippen LogP contribution >= 0.6 is 0 Å². The molecule has 4 aliphatic carbocycles. The number of aliphatic hydroxyl groups excluding tert-OH is 3. The molecule has 5 unspecified atom stereocenters. The summed E-state index contributed by atoms with van der Waals surface area (Å²) in [6.07, 6.45) is 10.8. The van der Waals surface area contributed by atoms with Gasteiger partial charge < -0.3 is 36.8 Å². The van der Waals surface area contributed by atoms with Crippen molar-refractivity contribution >= 4 is 0 Å². The molecule has 0 aromatic carbocycles. The highest BCUT2D eigenvalue weighted by Gasteiger charge is 2.65. The summed E-state index contributed by atoms with van der Waals surface area (Å²) in [5, 5.41) is 51.6. The number of fused-ring (bicyclic) bond motifs is 5. The number of unbranched alkanes of at least 4 members (excludes halogenated alkanes) is 1. The van der Waals surface area contributed by atoms with Crippen LogP contribution in [-0.4, -0.2) is 76.6 Å². The van der Waals surface area contributed by atoms with E-state index in [0.717, 1.165) is 84.0 Å².